The van der Waals surface area contributed by atoms with Crippen molar-refractivity contribution < 1.29 is 28.7 Å². The molecular formula is C19H30O6. The number of ketones is 4. The molecule has 0 amide bonds. The van der Waals surface area contributed by atoms with Crippen LogP contribution in [0.4, 0.5) is 0 Å². The van der Waals surface area contributed by atoms with Crippen molar-refractivity contribution >= 4 is 29.1 Å². The zero-order valence-corrected chi connectivity index (χ0v) is 15.8. The van der Waals surface area contributed by atoms with Crippen molar-refractivity contribution in [1.29, 1.82) is 0 Å². The molecule has 0 heterocycles. The van der Waals surface area contributed by atoms with Gasteiger partial charge in [0, 0.05) is 44.4 Å². The van der Waals surface area contributed by atoms with E-state index < -0.39 is 12.0 Å². The lowest BCUT2D eigenvalue weighted by Gasteiger charge is -2.18. The number of hydrogen-bond acceptors (Lipinski definition) is 6. The molecule has 2 unspecified atom stereocenters. The highest BCUT2D eigenvalue weighted by Crippen LogP contribution is 2.16. The van der Waals surface area contributed by atoms with E-state index in [4.69, 9.17) is 4.74 Å². The third-order valence-electron chi connectivity index (χ3n) is 3.96. The maximum Gasteiger partial charge on any atom is 0.305 e. The van der Waals surface area contributed by atoms with E-state index in [1.54, 1.807) is 13.8 Å². The summed E-state index contributed by atoms with van der Waals surface area (Å²) in [6.07, 6.45) is 1.54. The molecule has 0 rings (SSSR count). The first-order valence-corrected chi connectivity index (χ1v) is 8.88. The van der Waals surface area contributed by atoms with Crippen molar-refractivity contribution in [1.82, 2.24) is 0 Å². The molecule has 0 aromatic heterocycles. The molecule has 0 radical (unpaired) electrons. The van der Waals surface area contributed by atoms with Crippen LogP contribution in [-0.4, -0.2) is 35.2 Å². The molecule has 0 aromatic carbocycles. The SMILES string of the molecule is CCC(=O)OC(CCC(C)=O)CCC(=O)C(C)CC(=O)CCC(C)=O. The second-order valence-corrected chi connectivity index (χ2v) is 6.56. The Bertz CT molecular complexity index is 494. The van der Waals surface area contributed by atoms with Crippen LogP contribution < -0.4 is 0 Å². The smallest absolute Gasteiger partial charge is 0.305 e. The minimum absolute atomic E-state index is 0.00769. The molecule has 0 aliphatic rings. The average molecular weight is 354 g/mol. The molecule has 0 N–H and O–H groups in total. The number of carbonyl (C=O) groups excluding carboxylic acids is 5. The van der Waals surface area contributed by atoms with Crippen molar-refractivity contribution in [3.8, 4) is 0 Å². The summed E-state index contributed by atoms with van der Waals surface area (Å²) in [5.41, 5.74) is 0. The van der Waals surface area contributed by atoms with Crippen molar-refractivity contribution in [3.05, 3.63) is 0 Å². The highest BCUT2D eigenvalue weighted by Gasteiger charge is 2.20. The Balaban J connectivity index is 4.41. The van der Waals surface area contributed by atoms with E-state index >= 15 is 0 Å². The summed E-state index contributed by atoms with van der Waals surface area (Å²) < 4.78 is 5.28. The van der Waals surface area contributed by atoms with Gasteiger partial charge >= 0.3 is 5.97 Å². The molecule has 0 spiro atoms. The van der Waals surface area contributed by atoms with Crippen molar-refractivity contribution in [3.63, 3.8) is 0 Å². The van der Waals surface area contributed by atoms with Crippen LogP contribution in [0.2, 0.25) is 0 Å². The molecule has 0 saturated heterocycles. The quantitative estimate of drug-likeness (QED) is 0.445. The standard InChI is InChI=1S/C19H30O6/c1-5-19(24)25-17(9-7-15(4)21)10-11-18(23)13(2)12-16(22)8-6-14(3)20/h13,17H,5-12H2,1-4H3. The zero-order chi connectivity index (χ0) is 19.4. The van der Waals surface area contributed by atoms with Crippen LogP contribution in [0, 0.1) is 5.92 Å². The third-order valence-corrected chi connectivity index (χ3v) is 3.96. The summed E-state index contributed by atoms with van der Waals surface area (Å²) in [5.74, 6) is -0.979. The van der Waals surface area contributed by atoms with E-state index in [0.29, 0.717) is 19.3 Å². The van der Waals surface area contributed by atoms with Gasteiger partial charge in [0.25, 0.3) is 0 Å². The summed E-state index contributed by atoms with van der Waals surface area (Å²) in [6.45, 7) is 6.28. The van der Waals surface area contributed by atoms with Gasteiger partial charge in [-0.05, 0) is 26.7 Å². The van der Waals surface area contributed by atoms with Gasteiger partial charge in [0.2, 0.25) is 0 Å². The molecule has 25 heavy (non-hydrogen) atoms. The van der Waals surface area contributed by atoms with E-state index in [9.17, 15) is 24.0 Å². The van der Waals surface area contributed by atoms with Crippen molar-refractivity contribution in [2.24, 2.45) is 5.92 Å². The summed E-state index contributed by atoms with van der Waals surface area (Å²) in [5, 5.41) is 0. The second-order valence-electron chi connectivity index (χ2n) is 6.56. The molecule has 0 aliphatic carbocycles. The highest BCUT2D eigenvalue weighted by atomic mass is 16.5. The van der Waals surface area contributed by atoms with Crippen LogP contribution in [-0.2, 0) is 28.7 Å². The van der Waals surface area contributed by atoms with Crippen LogP contribution in [0.3, 0.4) is 0 Å². The molecule has 142 valence electrons. The molecule has 6 nitrogen and oxygen atoms in total. The first kappa shape index (κ1) is 23.1. The lowest BCUT2D eigenvalue weighted by molar-refractivity contribution is -0.150. The number of Topliss-reactive ketones (excluding diaryl/α,β-unsaturated/α-hetero) is 4. The van der Waals surface area contributed by atoms with E-state index in [2.05, 4.69) is 0 Å². The Morgan fingerprint density at radius 1 is 0.840 bits per heavy atom. The predicted octanol–water partition coefficient (Wildman–Crippen LogP) is 2.99. The lowest BCUT2D eigenvalue weighted by Crippen LogP contribution is -2.22. The molecule has 2 atom stereocenters. The molecule has 0 aliphatic heterocycles. The van der Waals surface area contributed by atoms with Gasteiger partial charge in [-0.25, -0.2) is 0 Å². The summed E-state index contributed by atoms with van der Waals surface area (Å²) in [7, 11) is 0. The molecule has 0 aromatic rings. The Morgan fingerprint density at radius 3 is 1.92 bits per heavy atom. The van der Waals surface area contributed by atoms with Crippen LogP contribution in [0.25, 0.3) is 0 Å². The number of esters is 1. The lowest BCUT2D eigenvalue weighted by atomic mass is 9.93. The number of rotatable bonds is 14. The minimum atomic E-state index is -0.457. The highest BCUT2D eigenvalue weighted by molar-refractivity contribution is 5.89. The predicted molar refractivity (Wildman–Crippen MR) is 93.0 cm³/mol. The first-order chi connectivity index (χ1) is 11.6. The monoisotopic (exact) mass is 354 g/mol. The first-order valence-electron chi connectivity index (χ1n) is 8.88. The fourth-order valence-corrected chi connectivity index (χ4v) is 2.32. The van der Waals surface area contributed by atoms with Crippen LogP contribution >= 0.6 is 0 Å². The number of hydrogen-bond donors (Lipinski definition) is 0. The maximum absolute atomic E-state index is 12.2. The third kappa shape index (κ3) is 12.2. The van der Waals surface area contributed by atoms with Crippen LogP contribution in [0.5, 0.6) is 0 Å². The molecule has 0 saturated carbocycles. The Labute approximate surface area is 149 Å². The topological polar surface area (TPSA) is 94.6 Å². The Kier molecular flexibility index (Phi) is 11.6. The number of carbonyl (C=O) groups is 5. The normalized spacial score (nSPS) is 13.0. The second kappa shape index (κ2) is 12.5. The van der Waals surface area contributed by atoms with Crippen LogP contribution in [0.1, 0.15) is 79.1 Å². The van der Waals surface area contributed by atoms with Gasteiger partial charge < -0.3 is 14.3 Å². The largest absolute Gasteiger partial charge is 0.462 e. The Morgan fingerprint density at radius 2 is 1.40 bits per heavy atom. The van der Waals surface area contributed by atoms with Gasteiger partial charge in [-0.3, -0.25) is 14.4 Å². The Hall–Kier alpha value is -1.85. The van der Waals surface area contributed by atoms with Crippen LogP contribution in [0.15, 0.2) is 0 Å². The zero-order valence-electron chi connectivity index (χ0n) is 15.8. The fraction of sp³-hybridized carbons (Fsp3) is 0.737. The maximum atomic E-state index is 12.2. The van der Waals surface area contributed by atoms with E-state index in [-0.39, 0.29) is 61.2 Å². The molecule has 6 heteroatoms. The van der Waals surface area contributed by atoms with Gasteiger partial charge in [0.05, 0.1) is 0 Å². The van der Waals surface area contributed by atoms with Gasteiger partial charge in [0.15, 0.2) is 0 Å². The van der Waals surface area contributed by atoms with Gasteiger partial charge in [-0.2, -0.15) is 0 Å². The van der Waals surface area contributed by atoms with Crippen molar-refractivity contribution in [2.45, 2.75) is 85.2 Å². The molecule has 0 fully saturated rings. The summed E-state index contributed by atoms with van der Waals surface area (Å²) in [6, 6.07) is 0. The molecule has 0 bridgehead atoms. The van der Waals surface area contributed by atoms with Crippen molar-refractivity contribution in [2.75, 3.05) is 0 Å². The minimum Gasteiger partial charge on any atom is -0.462 e. The van der Waals surface area contributed by atoms with E-state index in [1.165, 1.54) is 13.8 Å². The van der Waals surface area contributed by atoms with E-state index in [1.807, 2.05) is 0 Å². The summed E-state index contributed by atoms with van der Waals surface area (Å²) in [4.78, 5) is 57.4. The van der Waals surface area contributed by atoms with Gasteiger partial charge in [-0.15, -0.1) is 0 Å². The fourth-order valence-electron chi connectivity index (χ4n) is 2.32. The van der Waals surface area contributed by atoms with E-state index in [0.717, 1.165) is 0 Å². The average Bonchev–Trinajstić information content (AvgIpc) is 2.54. The van der Waals surface area contributed by atoms with Gasteiger partial charge in [-0.1, -0.05) is 13.8 Å². The van der Waals surface area contributed by atoms with Gasteiger partial charge in [0.1, 0.15) is 29.2 Å². The summed E-state index contributed by atoms with van der Waals surface area (Å²) >= 11 is 0. The number of ether oxygens (including phenoxy) is 1. The molecular weight excluding hydrogens is 324 g/mol.